The van der Waals surface area contributed by atoms with E-state index in [1.54, 1.807) is 36.4 Å². The van der Waals surface area contributed by atoms with E-state index in [0.29, 0.717) is 11.3 Å². The van der Waals surface area contributed by atoms with Gasteiger partial charge in [0.05, 0.1) is 11.3 Å². The normalized spacial score (nSPS) is 14.2. The van der Waals surface area contributed by atoms with E-state index in [1.165, 1.54) is 12.1 Å². The summed E-state index contributed by atoms with van der Waals surface area (Å²) < 4.78 is 41.8. The van der Waals surface area contributed by atoms with Crippen LogP contribution in [0.2, 0.25) is 0 Å². The van der Waals surface area contributed by atoms with Crippen LogP contribution in [0.1, 0.15) is 16.7 Å². The maximum absolute atomic E-state index is 13.4. The second kappa shape index (κ2) is 8.46. The van der Waals surface area contributed by atoms with E-state index in [1.807, 2.05) is 26.0 Å². The maximum Gasteiger partial charge on any atom is 0.573 e. The van der Waals surface area contributed by atoms with Crippen molar-refractivity contribution in [1.29, 1.82) is 0 Å². The van der Waals surface area contributed by atoms with Gasteiger partial charge in [0, 0.05) is 11.8 Å². The van der Waals surface area contributed by atoms with E-state index in [2.05, 4.69) is 10.1 Å². The first-order chi connectivity index (χ1) is 15.6. The Hall–Kier alpha value is -4.07. The van der Waals surface area contributed by atoms with Crippen LogP contribution < -0.4 is 15.0 Å². The van der Waals surface area contributed by atoms with Gasteiger partial charge in [-0.3, -0.25) is 9.59 Å². The number of carbonyl (C=O) groups is 2. The average molecular weight is 452 g/mol. The highest BCUT2D eigenvalue weighted by Crippen LogP contribution is 2.35. The van der Waals surface area contributed by atoms with Crippen LogP contribution in [0.25, 0.3) is 5.57 Å². The third-order valence-electron chi connectivity index (χ3n) is 5.05. The van der Waals surface area contributed by atoms with Gasteiger partial charge in [-0.2, -0.15) is 0 Å². The molecule has 0 unspecified atom stereocenters. The quantitative estimate of drug-likeness (QED) is 0.512. The molecule has 3 aromatic rings. The number of halogens is 3. The van der Waals surface area contributed by atoms with Gasteiger partial charge in [-0.1, -0.05) is 53.6 Å². The summed E-state index contributed by atoms with van der Waals surface area (Å²) in [5.41, 5.74) is 3.10. The third kappa shape index (κ3) is 4.74. The van der Waals surface area contributed by atoms with E-state index >= 15 is 0 Å². The van der Waals surface area contributed by atoms with Gasteiger partial charge in [0.1, 0.15) is 11.4 Å². The molecule has 1 aliphatic rings. The minimum absolute atomic E-state index is 0.0337. The number of alkyl halides is 3. The van der Waals surface area contributed by atoms with Gasteiger partial charge in [0.2, 0.25) is 0 Å². The van der Waals surface area contributed by atoms with Crippen molar-refractivity contribution in [3.05, 3.63) is 95.2 Å². The summed E-state index contributed by atoms with van der Waals surface area (Å²) in [6.45, 7) is 3.78. The number of rotatable bonds is 5. The summed E-state index contributed by atoms with van der Waals surface area (Å²) in [7, 11) is 0. The first kappa shape index (κ1) is 22.1. The van der Waals surface area contributed by atoms with Crippen LogP contribution in [0.4, 0.5) is 24.5 Å². The average Bonchev–Trinajstić information content (AvgIpc) is 2.98. The van der Waals surface area contributed by atoms with Crippen LogP contribution in [0.15, 0.2) is 78.5 Å². The maximum atomic E-state index is 13.4. The molecular formula is C25H19F3N2O3. The largest absolute Gasteiger partial charge is 0.573 e. The number of carbonyl (C=O) groups excluding carboxylic acids is 2. The standard InChI is InChI=1S/C25H19F3N2O3/c1-15-6-10-17(11-7-15)21-22(29-18-4-3-5-20(14-18)33-25(26,27)28)24(32)30(23(21)31)19-12-8-16(2)9-13-19/h3-14,29H,1-2H3. The van der Waals surface area contributed by atoms with Crippen molar-refractivity contribution in [2.24, 2.45) is 0 Å². The molecule has 0 saturated carbocycles. The van der Waals surface area contributed by atoms with E-state index in [-0.39, 0.29) is 17.0 Å². The van der Waals surface area contributed by atoms with Crippen molar-refractivity contribution < 1.29 is 27.5 Å². The number of benzene rings is 3. The number of hydrogen-bond acceptors (Lipinski definition) is 4. The molecule has 0 atom stereocenters. The number of anilines is 2. The Bertz CT molecular complexity index is 1250. The number of hydrogen-bond donors (Lipinski definition) is 1. The van der Waals surface area contributed by atoms with Crippen molar-refractivity contribution in [2.45, 2.75) is 20.2 Å². The fourth-order valence-electron chi connectivity index (χ4n) is 3.48. The highest BCUT2D eigenvalue weighted by atomic mass is 19.4. The lowest BCUT2D eigenvalue weighted by Crippen LogP contribution is -2.32. The Morgan fingerprint density at radius 1 is 0.818 bits per heavy atom. The van der Waals surface area contributed by atoms with Crippen molar-refractivity contribution >= 4 is 28.8 Å². The Labute approximate surface area is 188 Å². The predicted molar refractivity (Wildman–Crippen MR) is 119 cm³/mol. The minimum Gasteiger partial charge on any atom is -0.406 e. The number of amides is 2. The molecule has 5 nitrogen and oxygen atoms in total. The SMILES string of the molecule is Cc1ccc(C2=C(Nc3cccc(OC(F)(F)F)c3)C(=O)N(c3ccc(C)cc3)C2=O)cc1. The number of imide groups is 1. The van der Waals surface area contributed by atoms with Crippen LogP contribution in [-0.2, 0) is 9.59 Å². The molecule has 1 aliphatic heterocycles. The number of aryl methyl sites for hydroxylation is 2. The fraction of sp³-hybridized carbons (Fsp3) is 0.120. The molecule has 2 amide bonds. The van der Waals surface area contributed by atoms with Crippen molar-refractivity contribution in [3.63, 3.8) is 0 Å². The number of ether oxygens (including phenoxy) is 1. The first-order valence-electron chi connectivity index (χ1n) is 10.0. The van der Waals surface area contributed by atoms with E-state index < -0.39 is 23.9 Å². The first-order valence-corrected chi connectivity index (χ1v) is 10.0. The van der Waals surface area contributed by atoms with Gasteiger partial charge < -0.3 is 10.1 Å². The highest BCUT2D eigenvalue weighted by molar-refractivity contribution is 6.46. The zero-order valence-electron chi connectivity index (χ0n) is 17.7. The smallest absolute Gasteiger partial charge is 0.406 e. The minimum atomic E-state index is -4.85. The lowest BCUT2D eigenvalue weighted by molar-refractivity contribution is -0.274. The number of nitrogens with zero attached hydrogens (tertiary/aromatic N) is 1. The van der Waals surface area contributed by atoms with Crippen LogP contribution in [-0.4, -0.2) is 18.2 Å². The van der Waals surface area contributed by atoms with E-state index in [0.717, 1.165) is 28.2 Å². The van der Waals surface area contributed by atoms with Gasteiger partial charge >= 0.3 is 6.36 Å². The second-order valence-electron chi connectivity index (χ2n) is 7.60. The molecule has 1 heterocycles. The van der Waals surface area contributed by atoms with Crippen molar-refractivity contribution in [2.75, 3.05) is 10.2 Å². The van der Waals surface area contributed by atoms with Crippen LogP contribution in [0.3, 0.4) is 0 Å². The molecule has 0 aliphatic carbocycles. The highest BCUT2D eigenvalue weighted by Gasteiger charge is 2.40. The van der Waals surface area contributed by atoms with Crippen LogP contribution >= 0.6 is 0 Å². The van der Waals surface area contributed by atoms with Crippen molar-refractivity contribution in [3.8, 4) is 5.75 Å². The van der Waals surface area contributed by atoms with Gasteiger partial charge in [0.15, 0.2) is 0 Å². The molecule has 8 heteroatoms. The van der Waals surface area contributed by atoms with Gasteiger partial charge in [0.25, 0.3) is 11.8 Å². The summed E-state index contributed by atoms with van der Waals surface area (Å²) in [4.78, 5) is 27.8. The zero-order valence-corrected chi connectivity index (χ0v) is 17.7. The zero-order chi connectivity index (χ0) is 23.8. The molecule has 0 fully saturated rings. The molecular weight excluding hydrogens is 433 g/mol. The fourth-order valence-corrected chi connectivity index (χ4v) is 3.48. The molecule has 0 aromatic heterocycles. The topological polar surface area (TPSA) is 58.6 Å². The lowest BCUT2D eigenvalue weighted by Gasteiger charge is -2.16. The molecule has 0 spiro atoms. The monoisotopic (exact) mass is 452 g/mol. The van der Waals surface area contributed by atoms with E-state index in [4.69, 9.17) is 0 Å². The Morgan fingerprint density at radius 3 is 2.03 bits per heavy atom. The summed E-state index contributed by atoms with van der Waals surface area (Å²) in [6, 6.07) is 19.1. The van der Waals surface area contributed by atoms with E-state index in [9.17, 15) is 22.8 Å². The van der Waals surface area contributed by atoms with Crippen LogP contribution in [0.5, 0.6) is 5.75 Å². The molecule has 0 bridgehead atoms. The van der Waals surface area contributed by atoms with Crippen molar-refractivity contribution in [1.82, 2.24) is 0 Å². The number of nitrogens with one attached hydrogen (secondary N) is 1. The Balaban J connectivity index is 1.76. The molecule has 1 N–H and O–H groups in total. The van der Waals surface area contributed by atoms with Crippen LogP contribution in [0, 0.1) is 13.8 Å². The lowest BCUT2D eigenvalue weighted by atomic mass is 10.0. The summed E-state index contributed by atoms with van der Waals surface area (Å²) >= 11 is 0. The summed E-state index contributed by atoms with van der Waals surface area (Å²) in [5.74, 6) is -1.59. The summed E-state index contributed by atoms with van der Waals surface area (Å²) in [6.07, 6.45) is -4.85. The van der Waals surface area contributed by atoms with Gasteiger partial charge in [-0.15, -0.1) is 13.2 Å². The molecule has 4 rings (SSSR count). The predicted octanol–water partition coefficient (Wildman–Crippen LogP) is 5.60. The molecule has 168 valence electrons. The van der Waals surface area contributed by atoms with Gasteiger partial charge in [-0.05, 0) is 43.7 Å². The third-order valence-corrected chi connectivity index (χ3v) is 5.05. The molecule has 3 aromatic carbocycles. The molecule has 33 heavy (non-hydrogen) atoms. The summed E-state index contributed by atoms with van der Waals surface area (Å²) in [5, 5.41) is 2.84. The second-order valence-corrected chi connectivity index (χ2v) is 7.60. The van der Waals surface area contributed by atoms with Gasteiger partial charge in [-0.25, -0.2) is 4.90 Å². The molecule has 0 radical (unpaired) electrons. The Kier molecular flexibility index (Phi) is 5.68. The Morgan fingerprint density at radius 2 is 1.42 bits per heavy atom. The molecule has 0 saturated heterocycles.